The van der Waals surface area contributed by atoms with Crippen LogP contribution in [0.4, 0.5) is 0 Å². The van der Waals surface area contributed by atoms with Crippen LogP contribution in [-0.4, -0.2) is 21.3 Å². The van der Waals surface area contributed by atoms with Crippen LogP contribution in [-0.2, 0) is 0 Å². The minimum atomic E-state index is 0.321. The minimum Gasteiger partial charge on any atom is -0.497 e. The first-order chi connectivity index (χ1) is 10.3. The van der Waals surface area contributed by atoms with Crippen LogP contribution in [0, 0.1) is 0 Å². The quantitative estimate of drug-likeness (QED) is 0.599. The van der Waals surface area contributed by atoms with Crippen molar-refractivity contribution in [2.45, 2.75) is 57.9 Å². The fourth-order valence-corrected chi connectivity index (χ4v) is 2.70. The third-order valence-corrected chi connectivity index (χ3v) is 4.01. The topological polar surface area (TPSA) is 30.5 Å². The summed E-state index contributed by atoms with van der Waals surface area (Å²) >= 11 is 0. The molecule has 0 aromatic heterocycles. The van der Waals surface area contributed by atoms with E-state index < -0.39 is 0 Å². The molecule has 1 aromatic carbocycles. The largest absolute Gasteiger partial charge is 0.497 e. The van der Waals surface area contributed by atoms with Gasteiger partial charge in [0.1, 0.15) is 11.5 Å². The maximum Gasteiger partial charge on any atom is 0.123 e. The standard InChI is InChI=1S/C18H31NO2/c1-5-6-7-8-9-10-11-17(19-2)16-14-15(20-3)12-13-18(16)21-4/h12-14,17,19H,5-11H2,1-4H3. The summed E-state index contributed by atoms with van der Waals surface area (Å²) in [6.07, 6.45) is 9.06. The van der Waals surface area contributed by atoms with E-state index in [1.165, 1.54) is 44.1 Å². The van der Waals surface area contributed by atoms with Gasteiger partial charge in [-0.15, -0.1) is 0 Å². The Bertz CT molecular complexity index is 393. The number of ether oxygens (including phenoxy) is 2. The summed E-state index contributed by atoms with van der Waals surface area (Å²) in [5, 5.41) is 3.41. The zero-order valence-electron chi connectivity index (χ0n) is 14.1. The SMILES string of the molecule is CCCCCCCCC(NC)c1cc(OC)ccc1OC. The van der Waals surface area contributed by atoms with E-state index in [1.807, 2.05) is 19.2 Å². The van der Waals surface area contributed by atoms with Crippen LogP contribution in [0.3, 0.4) is 0 Å². The molecule has 0 aliphatic heterocycles. The highest BCUT2D eigenvalue weighted by Crippen LogP contribution is 2.32. The number of rotatable bonds is 11. The smallest absolute Gasteiger partial charge is 0.123 e. The number of unbranched alkanes of at least 4 members (excludes halogenated alkanes) is 5. The Labute approximate surface area is 130 Å². The highest BCUT2D eigenvalue weighted by molar-refractivity contribution is 5.42. The third-order valence-electron chi connectivity index (χ3n) is 4.01. The number of nitrogens with one attached hydrogen (secondary N) is 1. The minimum absolute atomic E-state index is 0.321. The normalized spacial score (nSPS) is 12.2. The molecule has 0 amide bonds. The van der Waals surface area contributed by atoms with Crippen molar-refractivity contribution >= 4 is 0 Å². The van der Waals surface area contributed by atoms with Gasteiger partial charge in [-0.05, 0) is 31.7 Å². The Morgan fingerprint density at radius 1 is 1.00 bits per heavy atom. The second kappa shape index (κ2) is 10.5. The van der Waals surface area contributed by atoms with Gasteiger partial charge in [-0.2, -0.15) is 0 Å². The van der Waals surface area contributed by atoms with Crippen LogP contribution < -0.4 is 14.8 Å². The zero-order valence-corrected chi connectivity index (χ0v) is 14.1. The fourth-order valence-electron chi connectivity index (χ4n) is 2.70. The molecule has 0 heterocycles. The summed E-state index contributed by atoms with van der Waals surface area (Å²) in [5.41, 5.74) is 1.19. The summed E-state index contributed by atoms with van der Waals surface area (Å²) in [6.45, 7) is 2.26. The molecular weight excluding hydrogens is 262 g/mol. The summed E-state index contributed by atoms with van der Waals surface area (Å²) in [6, 6.07) is 6.33. The van der Waals surface area contributed by atoms with Crippen molar-refractivity contribution in [3.8, 4) is 11.5 Å². The first kappa shape index (κ1) is 17.8. The Morgan fingerprint density at radius 3 is 2.33 bits per heavy atom. The van der Waals surface area contributed by atoms with E-state index >= 15 is 0 Å². The molecule has 1 atom stereocenters. The Balaban J connectivity index is 2.58. The molecule has 21 heavy (non-hydrogen) atoms. The average molecular weight is 293 g/mol. The lowest BCUT2D eigenvalue weighted by molar-refractivity contribution is 0.387. The molecular formula is C18H31NO2. The molecule has 0 aliphatic rings. The van der Waals surface area contributed by atoms with Crippen LogP contribution in [0.1, 0.15) is 63.5 Å². The van der Waals surface area contributed by atoms with Crippen molar-refractivity contribution in [1.29, 1.82) is 0 Å². The molecule has 0 radical (unpaired) electrons. The van der Waals surface area contributed by atoms with E-state index in [4.69, 9.17) is 9.47 Å². The van der Waals surface area contributed by atoms with Gasteiger partial charge < -0.3 is 14.8 Å². The van der Waals surface area contributed by atoms with Gasteiger partial charge in [-0.1, -0.05) is 45.4 Å². The van der Waals surface area contributed by atoms with Crippen LogP contribution in [0.2, 0.25) is 0 Å². The molecule has 0 bridgehead atoms. The monoisotopic (exact) mass is 293 g/mol. The maximum absolute atomic E-state index is 5.49. The molecule has 0 spiro atoms. The maximum atomic E-state index is 5.49. The summed E-state index contributed by atoms with van der Waals surface area (Å²) in [4.78, 5) is 0. The van der Waals surface area contributed by atoms with E-state index in [-0.39, 0.29) is 0 Å². The van der Waals surface area contributed by atoms with Gasteiger partial charge in [0.25, 0.3) is 0 Å². The second-order valence-electron chi connectivity index (χ2n) is 5.51. The molecule has 120 valence electrons. The number of hydrogen-bond donors (Lipinski definition) is 1. The molecule has 3 heteroatoms. The lowest BCUT2D eigenvalue weighted by Gasteiger charge is -2.20. The summed E-state index contributed by atoms with van der Waals surface area (Å²) < 4.78 is 10.8. The highest BCUT2D eigenvalue weighted by atomic mass is 16.5. The highest BCUT2D eigenvalue weighted by Gasteiger charge is 2.15. The Hall–Kier alpha value is -1.22. The van der Waals surface area contributed by atoms with Crippen molar-refractivity contribution in [2.24, 2.45) is 0 Å². The molecule has 3 nitrogen and oxygen atoms in total. The van der Waals surface area contributed by atoms with E-state index in [1.54, 1.807) is 14.2 Å². The van der Waals surface area contributed by atoms with Gasteiger partial charge in [0.05, 0.1) is 14.2 Å². The van der Waals surface area contributed by atoms with Crippen molar-refractivity contribution in [3.63, 3.8) is 0 Å². The van der Waals surface area contributed by atoms with Gasteiger partial charge in [0.2, 0.25) is 0 Å². The van der Waals surface area contributed by atoms with E-state index in [9.17, 15) is 0 Å². The lowest BCUT2D eigenvalue weighted by atomic mass is 9.98. The Morgan fingerprint density at radius 2 is 1.71 bits per heavy atom. The van der Waals surface area contributed by atoms with Gasteiger partial charge in [-0.3, -0.25) is 0 Å². The van der Waals surface area contributed by atoms with Gasteiger partial charge in [0.15, 0.2) is 0 Å². The second-order valence-corrected chi connectivity index (χ2v) is 5.51. The average Bonchev–Trinajstić information content (AvgIpc) is 2.53. The molecule has 0 saturated carbocycles. The third kappa shape index (κ3) is 5.96. The first-order valence-corrected chi connectivity index (χ1v) is 8.16. The molecule has 0 aliphatic carbocycles. The van der Waals surface area contributed by atoms with Crippen LogP contribution in [0.5, 0.6) is 11.5 Å². The summed E-state index contributed by atoms with van der Waals surface area (Å²) in [5.74, 6) is 1.81. The van der Waals surface area contributed by atoms with Crippen molar-refractivity contribution in [1.82, 2.24) is 5.32 Å². The van der Waals surface area contributed by atoms with Crippen molar-refractivity contribution < 1.29 is 9.47 Å². The molecule has 0 saturated heterocycles. The van der Waals surface area contributed by atoms with E-state index in [0.717, 1.165) is 17.9 Å². The van der Waals surface area contributed by atoms with Gasteiger partial charge in [0, 0.05) is 11.6 Å². The van der Waals surface area contributed by atoms with E-state index in [2.05, 4.69) is 18.3 Å². The zero-order chi connectivity index (χ0) is 15.5. The molecule has 1 rings (SSSR count). The molecule has 1 aromatic rings. The van der Waals surface area contributed by atoms with Crippen LogP contribution >= 0.6 is 0 Å². The Kier molecular flexibility index (Phi) is 8.91. The number of benzene rings is 1. The van der Waals surface area contributed by atoms with Crippen LogP contribution in [0.15, 0.2) is 18.2 Å². The van der Waals surface area contributed by atoms with Gasteiger partial charge in [-0.25, -0.2) is 0 Å². The molecule has 1 unspecified atom stereocenters. The first-order valence-electron chi connectivity index (χ1n) is 8.16. The van der Waals surface area contributed by atoms with E-state index in [0.29, 0.717) is 6.04 Å². The van der Waals surface area contributed by atoms with Crippen molar-refractivity contribution in [2.75, 3.05) is 21.3 Å². The number of hydrogen-bond acceptors (Lipinski definition) is 3. The molecule has 0 fully saturated rings. The number of methoxy groups -OCH3 is 2. The van der Waals surface area contributed by atoms with Gasteiger partial charge >= 0.3 is 0 Å². The summed E-state index contributed by atoms with van der Waals surface area (Å²) in [7, 11) is 5.44. The molecule has 1 N–H and O–H groups in total. The van der Waals surface area contributed by atoms with Crippen molar-refractivity contribution in [3.05, 3.63) is 23.8 Å². The predicted octanol–water partition coefficient (Wildman–Crippen LogP) is 4.71. The fraction of sp³-hybridized carbons (Fsp3) is 0.667. The van der Waals surface area contributed by atoms with Crippen LogP contribution in [0.25, 0.3) is 0 Å². The predicted molar refractivity (Wildman–Crippen MR) is 89.3 cm³/mol. The lowest BCUT2D eigenvalue weighted by Crippen LogP contribution is -2.17.